The van der Waals surface area contributed by atoms with Gasteiger partial charge in [0.1, 0.15) is 5.82 Å². The molecule has 2 aromatic rings. The van der Waals surface area contributed by atoms with Crippen LogP contribution < -0.4 is 0 Å². The first-order valence-electron chi connectivity index (χ1n) is 7.30. The molecular weight excluding hydrogens is 285 g/mol. The van der Waals surface area contributed by atoms with Crippen molar-refractivity contribution in [3.8, 4) is 10.4 Å². The SMILES string of the molecule is CCCN(CCC)C(=O)c1ccc(-c2ccc(F)cc2)s1. The Bertz CT molecular complexity index is 585. The highest BCUT2D eigenvalue weighted by Gasteiger charge is 2.16. The first kappa shape index (κ1) is 15.7. The van der Waals surface area contributed by atoms with Gasteiger partial charge < -0.3 is 4.90 Å². The lowest BCUT2D eigenvalue weighted by atomic mass is 10.2. The van der Waals surface area contributed by atoms with Crippen molar-refractivity contribution < 1.29 is 9.18 Å². The predicted octanol–water partition coefficient (Wildman–Crippen LogP) is 4.82. The second-order valence-corrected chi connectivity index (χ2v) is 6.05. The lowest BCUT2D eigenvalue weighted by molar-refractivity contribution is 0.0760. The molecule has 0 radical (unpaired) electrons. The summed E-state index contributed by atoms with van der Waals surface area (Å²) in [7, 11) is 0. The number of thiophene rings is 1. The third-order valence-electron chi connectivity index (χ3n) is 3.22. The zero-order valence-electron chi connectivity index (χ0n) is 12.4. The average Bonchev–Trinajstić information content (AvgIpc) is 2.97. The van der Waals surface area contributed by atoms with E-state index in [1.54, 1.807) is 12.1 Å². The monoisotopic (exact) mass is 305 g/mol. The van der Waals surface area contributed by atoms with E-state index in [1.165, 1.54) is 23.5 Å². The summed E-state index contributed by atoms with van der Waals surface area (Å²) in [5, 5.41) is 0. The van der Waals surface area contributed by atoms with Crippen LogP contribution in [0.5, 0.6) is 0 Å². The second kappa shape index (κ2) is 7.36. The van der Waals surface area contributed by atoms with Crippen molar-refractivity contribution in [3.05, 3.63) is 47.1 Å². The van der Waals surface area contributed by atoms with Crippen molar-refractivity contribution in [3.63, 3.8) is 0 Å². The van der Waals surface area contributed by atoms with Crippen LogP contribution >= 0.6 is 11.3 Å². The van der Waals surface area contributed by atoms with E-state index >= 15 is 0 Å². The summed E-state index contributed by atoms with van der Waals surface area (Å²) < 4.78 is 13.0. The van der Waals surface area contributed by atoms with Gasteiger partial charge in [0.05, 0.1) is 4.88 Å². The standard InChI is InChI=1S/C17H20FNOS/c1-3-11-19(12-4-2)17(20)16-10-9-15(21-16)13-5-7-14(18)8-6-13/h5-10H,3-4,11-12H2,1-2H3. The number of halogens is 1. The molecule has 0 N–H and O–H groups in total. The van der Waals surface area contributed by atoms with Crippen LogP contribution in [-0.4, -0.2) is 23.9 Å². The number of hydrogen-bond acceptors (Lipinski definition) is 2. The van der Waals surface area contributed by atoms with Gasteiger partial charge in [0.15, 0.2) is 0 Å². The zero-order chi connectivity index (χ0) is 15.2. The molecule has 0 unspecified atom stereocenters. The van der Waals surface area contributed by atoms with Crippen molar-refractivity contribution in [2.24, 2.45) is 0 Å². The van der Waals surface area contributed by atoms with Gasteiger partial charge in [-0.3, -0.25) is 4.79 Å². The quantitative estimate of drug-likeness (QED) is 0.749. The Morgan fingerprint density at radius 2 is 1.67 bits per heavy atom. The summed E-state index contributed by atoms with van der Waals surface area (Å²) >= 11 is 1.47. The maximum Gasteiger partial charge on any atom is 0.263 e. The van der Waals surface area contributed by atoms with Gasteiger partial charge in [0.2, 0.25) is 0 Å². The maximum absolute atomic E-state index is 13.0. The van der Waals surface area contributed by atoms with Gasteiger partial charge in [-0.15, -0.1) is 11.3 Å². The van der Waals surface area contributed by atoms with E-state index in [2.05, 4.69) is 13.8 Å². The van der Waals surface area contributed by atoms with Gasteiger partial charge in [-0.25, -0.2) is 4.39 Å². The summed E-state index contributed by atoms with van der Waals surface area (Å²) in [6, 6.07) is 10.2. The lowest BCUT2D eigenvalue weighted by Crippen LogP contribution is -2.31. The molecule has 21 heavy (non-hydrogen) atoms. The molecule has 4 heteroatoms. The molecule has 0 saturated heterocycles. The Kier molecular flexibility index (Phi) is 5.51. The Hall–Kier alpha value is -1.68. The molecule has 0 atom stereocenters. The van der Waals surface area contributed by atoms with Gasteiger partial charge in [0.25, 0.3) is 5.91 Å². The molecule has 0 aliphatic heterocycles. The van der Waals surface area contributed by atoms with Crippen LogP contribution in [0, 0.1) is 5.82 Å². The molecule has 0 spiro atoms. The number of benzene rings is 1. The van der Waals surface area contributed by atoms with Gasteiger partial charge in [-0.1, -0.05) is 26.0 Å². The molecule has 2 nitrogen and oxygen atoms in total. The molecule has 112 valence electrons. The fourth-order valence-corrected chi connectivity index (χ4v) is 3.21. The fourth-order valence-electron chi connectivity index (χ4n) is 2.23. The second-order valence-electron chi connectivity index (χ2n) is 4.96. The Labute approximate surface area is 129 Å². The van der Waals surface area contributed by atoms with Gasteiger partial charge in [-0.2, -0.15) is 0 Å². The Morgan fingerprint density at radius 3 is 2.24 bits per heavy atom. The molecule has 1 amide bonds. The smallest absolute Gasteiger partial charge is 0.263 e. The minimum absolute atomic E-state index is 0.0945. The number of rotatable bonds is 6. The number of nitrogens with zero attached hydrogens (tertiary/aromatic N) is 1. The summed E-state index contributed by atoms with van der Waals surface area (Å²) in [5.74, 6) is -0.152. The highest BCUT2D eigenvalue weighted by Crippen LogP contribution is 2.29. The predicted molar refractivity (Wildman–Crippen MR) is 86.2 cm³/mol. The normalized spacial score (nSPS) is 10.6. The maximum atomic E-state index is 13.0. The molecule has 0 aliphatic rings. The topological polar surface area (TPSA) is 20.3 Å². The van der Waals surface area contributed by atoms with Crippen LogP contribution in [0.15, 0.2) is 36.4 Å². The number of hydrogen-bond donors (Lipinski definition) is 0. The molecular formula is C17H20FNOS. The van der Waals surface area contributed by atoms with E-state index in [9.17, 15) is 9.18 Å². The summed E-state index contributed by atoms with van der Waals surface area (Å²) in [6.07, 6.45) is 1.92. The molecule has 1 aromatic heterocycles. The van der Waals surface area contributed by atoms with E-state index in [0.717, 1.165) is 41.2 Å². The van der Waals surface area contributed by atoms with Crippen molar-refractivity contribution >= 4 is 17.2 Å². The van der Waals surface area contributed by atoms with Gasteiger partial charge in [0, 0.05) is 18.0 Å². The van der Waals surface area contributed by atoms with Crippen LogP contribution in [-0.2, 0) is 0 Å². The first-order valence-corrected chi connectivity index (χ1v) is 8.12. The lowest BCUT2D eigenvalue weighted by Gasteiger charge is -2.20. The Morgan fingerprint density at radius 1 is 1.05 bits per heavy atom. The fraction of sp³-hybridized carbons (Fsp3) is 0.353. The number of carbonyl (C=O) groups is 1. The van der Waals surface area contributed by atoms with Crippen LogP contribution in [0.4, 0.5) is 4.39 Å². The van der Waals surface area contributed by atoms with Crippen LogP contribution in [0.2, 0.25) is 0 Å². The van der Waals surface area contributed by atoms with E-state index in [0.29, 0.717) is 0 Å². The van der Waals surface area contributed by atoms with Crippen molar-refractivity contribution in [1.82, 2.24) is 4.90 Å². The van der Waals surface area contributed by atoms with Crippen molar-refractivity contribution in [2.75, 3.05) is 13.1 Å². The van der Waals surface area contributed by atoms with E-state index in [1.807, 2.05) is 17.0 Å². The third kappa shape index (κ3) is 3.91. The zero-order valence-corrected chi connectivity index (χ0v) is 13.3. The third-order valence-corrected chi connectivity index (χ3v) is 4.34. The highest BCUT2D eigenvalue weighted by atomic mass is 32.1. The van der Waals surface area contributed by atoms with Gasteiger partial charge in [-0.05, 0) is 42.7 Å². The van der Waals surface area contributed by atoms with E-state index in [-0.39, 0.29) is 11.7 Å². The molecule has 0 aliphatic carbocycles. The molecule has 1 aromatic carbocycles. The summed E-state index contributed by atoms with van der Waals surface area (Å²) in [6.45, 7) is 5.73. The number of carbonyl (C=O) groups excluding carboxylic acids is 1. The molecule has 2 rings (SSSR count). The van der Waals surface area contributed by atoms with Crippen molar-refractivity contribution in [2.45, 2.75) is 26.7 Å². The molecule has 0 bridgehead atoms. The molecule has 1 heterocycles. The van der Waals surface area contributed by atoms with E-state index in [4.69, 9.17) is 0 Å². The summed E-state index contributed by atoms with van der Waals surface area (Å²) in [5.41, 5.74) is 0.943. The van der Waals surface area contributed by atoms with E-state index < -0.39 is 0 Å². The molecule has 0 fully saturated rings. The Balaban J connectivity index is 2.18. The first-order chi connectivity index (χ1) is 10.2. The average molecular weight is 305 g/mol. The van der Waals surface area contributed by atoms with Crippen molar-refractivity contribution in [1.29, 1.82) is 0 Å². The molecule has 0 saturated carbocycles. The highest BCUT2D eigenvalue weighted by molar-refractivity contribution is 7.17. The minimum atomic E-state index is -0.247. The van der Waals surface area contributed by atoms with Gasteiger partial charge >= 0.3 is 0 Å². The summed E-state index contributed by atoms with van der Waals surface area (Å²) in [4.78, 5) is 16.1. The largest absolute Gasteiger partial charge is 0.338 e. The number of amides is 1. The van der Waals surface area contributed by atoms with Crippen LogP contribution in [0.1, 0.15) is 36.4 Å². The van der Waals surface area contributed by atoms with Crippen LogP contribution in [0.25, 0.3) is 10.4 Å². The van der Waals surface area contributed by atoms with Crippen LogP contribution in [0.3, 0.4) is 0 Å². The minimum Gasteiger partial charge on any atom is -0.338 e.